The van der Waals surface area contributed by atoms with E-state index in [1.165, 1.54) is 16.8 Å². The maximum atomic E-state index is 13.3. The van der Waals surface area contributed by atoms with E-state index < -0.39 is 11.8 Å². The van der Waals surface area contributed by atoms with E-state index in [-0.39, 0.29) is 11.4 Å². The van der Waals surface area contributed by atoms with Crippen LogP contribution >= 0.6 is 11.6 Å². The number of carbonyl (C=O) groups is 1. The number of unbranched alkanes of at least 4 members (excludes halogenated alkanes) is 1. The van der Waals surface area contributed by atoms with Gasteiger partial charge in [0.05, 0.1) is 22.6 Å². The van der Waals surface area contributed by atoms with Crippen LogP contribution in [-0.2, 0) is 11.2 Å². The molecule has 0 atom stereocenters. The largest absolute Gasteiger partial charge is 0.481 e. The third kappa shape index (κ3) is 3.77. The molecular weight excluding hydrogens is 285 g/mol. The zero-order valence-corrected chi connectivity index (χ0v) is 11.3. The smallest absolute Gasteiger partial charge is 0.303 e. The van der Waals surface area contributed by atoms with Gasteiger partial charge in [-0.05, 0) is 31.4 Å². The van der Waals surface area contributed by atoms with Gasteiger partial charge in [-0.25, -0.2) is 9.07 Å². The van der Waals surface area contributed by atoms with E-state index in [0.29, 0.717) is 18.5 Å². The predicted octanol–water partition coefficient (Wildman–Crippen LogP) is 2.86. The van der Waals surface area contributed by atoms with Crippen molar-refractivity contribution in [1.29, 1.82) is 0 Å². The Morgan fingerprint density at radius 2 is 2.20 bits per heavy atom. The number of aryl methyl sites for hydroxylation is 1. The molecule has 0 fully saturated rings. The van der Waals surface area contributed by atoms with Crippen LogP contribution in [0, 0.1) is 5.82 Å². The van der Waals surface area contributed by atoms with Gasteiger partial charge in [0, 0.05) is 12.5 Å². The summed E-state index contributed by atoms with van der Waals surface area (Å²) < 4.78 is 14.8. The predicted molar refractivity (Wildman–Crippen MR) is 71.5 cm³/mol. The number of benzene rings is 1. The lowest BCUT2D eigenvalue weighted by molar-refractivity contribution is -0.137. The van der Waals surface area contributed by atoms with Gasteiger partial charge in [-0.2, -0.15) is 0 Å². The molecule has 0 spiro atoms. The number of nitrogens with zero attached hydrogens (tertiary/aromatic N) is 3. The summed E-state index contributed by atoms with van der Waals surface area (Å²) in [7, 11) is 0. The van der Waals surface area contributed by atoms with E-state index in [9.17, 15) is 9.18 Å². The second-order valence-electron chi connectivity index (χ2n) is 4.35. The minimum atomic E-state index is -0.801. The second-order valence-corrected chi connectivity index (χ2v) is 4.76. The molecule has 5 nitrogen and oxygen atoms in total. The third-order valence-corrected chi connectivity index (χ3v) is 3.09. The Hall–Kier alpha value is -1.95. The lowest BCUT2D eigenvalue weighted by Crippen LogP contribution is -1.95. The fraction of sp³-hybridized carbons (Fsp3) is 0.308. The summed E-state index contributed by atoms with van der Waals surface area (Å²) in [5.74, 6) is -1.31. The molecule has 0 aliphatic heterocycles. The quantitative estimate of drug-likeness (QED) is 0.833. The Morgan fingerprint density at radius 1 is 1.40 bits per heavy atom. The monoisotopic (exact) mass is 297 g/mol. The van der Waals surface area contributed by atoms with Gasteiger partial charge in [0.1, 0.15) is 5.82 Å². The Labute approximate surface area is 120 Å². The summed E-state index contributed by atoms with van der Waals surface area (Å²) in [6, 6.07) is 4.39. The molecule has 7 heteroatoms. The topological polar surface area (TPSA) is 68.0 Å². The van der Waals surface area contributed by atoms with Crippen molar-refractivity contribution in [2.75, 3.05) is 0 Å². The lowest BCUT2D eigenvalue weighted by Gasteiger charge is -2.00. The molecule has 1 N–H and O–H groups in total. The minimum absolute atomic E-state index is 0.0581. The van der Waals surface area contributed by atoms with Gasteiger partial charge in [-0.1, -0.05) is 16.8 Å². The molecule has 0 saturated heterocycles. The van der Waals surface area contributed by atoms with Gasteiger partial charge in [0.25, 0.3) is 0 Å². The number of aliphatic carboxylic acids is 1. The zero-order valence-electron chi connectivity index (χ0n) is 10.6. The highest BCUT2D eigenvalue weighted by molar-refractivity contribution is 6.30. The number of rotatable bonds is 6. The van der Waals surface area contributed by atoms with Gasteiger partial charge < -0.3 is 5.11 Å². The first-order valence-corrected chi connectivity index (χ1v) is 6.52. The zero-order chi connectivity index (χ0) is 14.5. The Morgan fingerprint density at radius 3 is 2.90 bits per heavy atom. The maximum absolute atomic E-state index is 13.3. The highest BCUT2D eigenvalue weighted by atomic mass is 35.5. The van der Waals surface area contributed by atoms with Crippen molar-refractivity contribution < 1.29 is 14.3 Å². The number of carboxylic acids is 1. The summed E-state index contributed by atoms with van der Waals surface area (Å²) in [6.45, 7) is 0. The number of carboxylic acid groups (broad SMARTS) is 1. The lowest BCUT2D eigenvalue weighted by atomic mass is 10.1. The van der Waals surface area contributed by atoms with Crippen molar-refractivity contribution in [3.63, 3.8) is 0 Å². The standard InChI is InChI=1S/C13H13ClFN3O2/c14-11-6-5-10(7-12(11)15)18-8-9(16-17-18)3-1-2-4-13(19)20/h5-8H,1-4H2,(H,19,20). The summed E-state index contributed by atoms with van der Waals surface area (Å²) in [5.41, 5.74) is 1.28. The molecule has 1 aromatic carbocycles. The fourth-order valence-electron chi connectivity index (χ4n) is 1.75. The Balaban J connectivity index is 1.97. The SMILES string of the molecule is O=C(O)CCCCc1cn(-c2ccc(Cl)c(F)c2)nn1. The number of aromatic nitrogens is 3. The molecule has 0 aliphatic carbocycles. The first-order chi connectivity index (χ1) is 9.56. The van der Waals surface area contributed by atoms with Crippen LogP contribution in [0.15, 0.2) is 24.4 Å². The molecule has 2 aromatic rings. The van der Waals surface area contributed by atoms with E-state index in [1.807, 2.05) is 0 Å². The van der Waals surface area contributed by atoms with Crippen molar-refractivity contribution in [1.82, 2.24) is 15.0 Å². The molecule has 0 saturated carbocycles. The summed E-state index contributed by atoms with van der Waals surface area (Å²) in [5, 5.41) is 16.5. The van der Waals surface area contributed by atoms with E-state index in [2.05, 4.69) is 10.3 Å². The van der Waals surface area contributed by atoms with Crippen molar-refractivity contribution in [3.8, 4) is 5.69 Å². The van der Waals surface area contributed by atoms with Crippen molar-refractivity contribution in [2.24, 2.45) is 0 Å². The second kappa shape index (κ2) is 6.47. The highest BCUT2D eigenvalue weighted by Gasteiger charge is 2.06. The van der Waals surface area contributed by atoms with E-state index >= 15 is 0 Å². The van der Waals surface area contributed by atoms with Crippen LogP contribution in [0.25, 0.3) is 5.69 Å². The average molecular weight is 298 g/mol. The molecule has 2 rings (SSSR count). The maximum Gasteiger partial charge on any atom is 0.303 e. The first kappa shape index (κ1) is 14.5. The van der Waals surface area contributed by atoms with Crippen molar-refractivity contribution in [3.05, 3.63) is 40.9 Å². The summed E-state index contributed by atoms with van der Waals surface area (Å²) in [6.07, 6.45) is 3.81. The normalized spacial score (nSPS) is 10.7. The molecule has 106 valence electrons. The van der Waals surface area contributed by atoms with Gasteiger partial charge >= 0.3 is 5.97 Å². The average Bonchev–Trinajstić information content (AvgIpc) is 2.86. The van der Waals surface area contributed by atoms with Gasteiger partial charge in [0.2, 0.25) is 0 Å². The van der Waals surface area contributed by atoms with E-state index in [4.69, 9.17) is 16.7 Å². The van der Waals surface area contributed by atoms with Crippen LogP contribution in [0.1, 0.15) is 25.0 Å². The molecule has 0 radical (unpaired) electrons. The van der Waals surface area contributed by atoms with Crippen LogP contribution < -0.4 is 0 Å². The first-order valence-electron chi connectivity index (χ1n) is 6.14. The van der Waals surface area contributed by atoms with Crippen LogP contribution in [0.5, 0.6) is 0 Å². The molecular formula is C13H13ClFN3O2. The van der Waals surface area contributed by atoms with E-state index in [1.54, 1.807) is 12.3 Å². The van der Waals surface area contributed by atoms with Crippen LogP contribution in [0.3, 0.4) is 0 Å². The van der Waals surface area contributed by atoms with E-state index in [0.717, 1.165) is 12.1 Å². The fourth-order valence-corrected chi connectivity index (χ4v) is 1.87. The minimum Gasteiger partial charge on any atom is -0.481 e. The van der Waals surface area contributed by atoms with Gasteiger partial charge in [0.15, 0.2) is 0 Å². The molecule has 20 heavy (non-hydrogen) atoms. The van der Waals surface area contributed by atoms with Crippen molar-refractivity contribution >= 4 is 17.6 Å². The van der Waals surface area contributed by atoms with Crippen LogP contribution in [-0.4, -0.2) is 26.1 Å². The van der Waals surface area contributed by atoms with Crippen molar-refractivity contribution in [2.45, 2.75) is 25.7 Å². The molecule has 0 amide bonds. The number of halogens is 2. The summed E-state index contributed by atoms with van der Waals surface area (Å²) >= 11 is 5.62. The Bertz CT molecular complexity index is 615. The van der Waals surface area contributed by atoms with Gasteiger partial charge in [-0.3, -0.25) is 4.79 Å². The molecule has 0 bridgehead atoms. The number of hydrogen-bond acceptors (Lipinski definition) is 3. The van der Waals surface area contributed by atoms with Crippen LogP contribution in [0.2, 0.25) is 5.02 Å². The van der Waals surface area contributed by atoms with Gasteiger partial charge in [-0.15, -0.1) is 5.10 Å². The highest BCUT2D eigenvalue weighted by Crippen LogP contribution is 2.18. The molecule has 1 aromatic heterocycles. The third-order valence-electron chi connectivity index (χ3n) is 2.78. The number of hydrogen-bond donors (Lipinski definition) is 1. The molecule has 0 unspecified atom stereocenters. The Kier molecular flexibility index (Phi) is 4.68. The van der Waals surface area contributed by atoms with Crippen LogP contribution in [0.4, 0.5) is 4.39 Å². The summed E-state index contributed by atoms with van der Waals surface area (Å²) in [4.78, 5) is 10.4. The molecule has 1 heterocycles. The molecule has 0 aliphatic rings.